The minimum absolute atomic E-state index is 0.425. The maximum absolute atomic E-state index is 5.69. The van der Waals surface area contributed by atoms with Gasteiger partial charge in [0.15, 0.2) is 0 Å². The molecule has 0 aromatic carbocycles. The average Bonchev–Trinajstić information content (AvgIpc) is 2.77. The van der Waals surface area contributed by atoms with Gasteiger partial charge in [0.1, 0.15) is 10.4 Å². The summed E-state index contributed by atoms with van der Waals surface area (Å²) in [7, 11) is 0. The van der Waals surface area contributed by atoms with Gasteiger partial charge in [0, 0.05) is 29.3 Å². The molecule has 5 nitrogen and oxygen atoms in total. The largest absolute Gasteiger partial charge is 0.434 e. The van der Waals surface area contributed by atoms with E-state index in [2.05, 4.69) is 46.8 Å². The van der Waals surface area contributed by atoms with Crippen molar-refractivity contribution in [1.82, 2.24) is 19.4 Å². The summed E-state index contributed by atoms with van der Waals surface area (Å²) in [6.07, 6.45) is 8.64. The monoisotopic (exact) mass is 368 g/mol. The lowest BCUT2D eigenvalue weighted by Crippen LogP contribution is -1.95. The Morgan fingerprint density at radius 3 is 2.94 bits per heavy atom. The smallest absolute Gasteiger partial charge is 0.265 e. The van der Waals surface area contributed by atoms with E-state index < -0.39 is 0 Å². The number of hydrogen-bond acceptors (Lipinski definition) is 4. The molecule has 0 aliphatic rings. The summed E-state index contributed by atoms with van der Waals surface area (Å²) < 4.78 is 9.04. The standard InChI is InChI=1S/C11H6Br2N4O/c12-7-3-8(5-14-4-7)18-11-10-15-1-2-17(10)6-9(13)16-11/h1-6H. The molecule has 3 aromatic heterocycles. The van der Waals surface area contributed by atoms with Crippen LogP contribution in [-0.4, -0.2) is 19.4 Å². The van der Waals surface area contributed by atoms with Gasteiger partial charge < -0.3 is 4.74 Å². The SMILES string of the molecule is Brc1cncc(Oc2nc(Br)cn3ccnc23)c1. The van der Waals surface area contributed by atoms with Gasteiger partial charge in [0.25, 0.3) is 5.88 Å². The van der Waals surface area contributed by atoms with Crippen molar-refractivity contribution in [2.45, 2.75) is 0 Å². The Hall–Kier alpha value is -1.47. The van der Waals surface area contributed by atoms with Crippen LogP contribution < -0.4 is 4.74 Å². The van der Waals surface area contributed by atoms with E-state index in [-0.39, 0.29) is 0 Å². The van der Waals surface area contributed by atoms with Crippen molar-refractivity contribution in [3.63, 3.8) is 0 Å². The molecule has 0 N–H and O–H groups in total. The van der Waals surface area contributed by atoms with Crippen LogP contribution in [0.15, 0.2) is 46.1 Å². The van der Waals surface area contributed by atoms with Crippen LogP contribution in [0.1, 0.15) is 0 Å². The molecule has 0 radical (unpaired) electrons. The zero-order valence-electron chi connectivity index (χ0n) is 8.92. The number of fused-ring (bicyclic) bond motifs is 1. The zero-order chi connectivity index (χ0) is 12.5. The summed E-state index contributed by atoms with van der Waals surface area (Å²) in [6, 6.07) is 1.81. The second-order valence-corrected chi connectivity index (χ2v) is 5.20. The third-order valence-corrected chi connectivity index (χ3v) is 3.02. The summed E-state index contributed by atoms with van der Waals surface area (Å²) in [5.41, 5.74) is 0.651. The van der Waals surface area contributed by atoms with Crippen LogP contribution in [0.4, 0.5) is 0 Å². The first-order chi connectivity index (χ1) is 8.72. The third kappa shape index (κ3) is 2.23. The molecule has 0 atom stereocenters. The summed E-state index contributed by atoms with van der Waals surface area (Å²) in [5, 5.41) is 0. The Morgan fingerprint density at radius 2 is 2.11 bits per heavy atom. The lowest BCUT2D eigenvalue weighted by Gasteiger charge is -2.06. The first-order valence-corrected chi connectivity index (χ1v) is 6.58. The second-order valence-electron chi connectivity index (χ2n) is 3.47. The minimum Gasteiger partial charge on any atom is -0.434 e. The fourth-order valence-electron chi connectivity index (χ4n) is 1.50. The van der Waals surface area contributed by atoms with E-state index in [0.29, 0.717) is 21.9 Å². The fraction of sp³-hybridized carbons (Fsp3) is 0. The van der Waals surface area contributed by atoms with Gasteiger partial charge in [-0.25, -0.2) is 9.97 Å². The van der Waals surface area contributed by atoms with Gasteiger partial charge in [-0.15, -0.1) is 0 Å². The normalized spacial score (nSPS) is 10.8. The van der Waals surface area contributed by atoms with E-state index in [1.54, 1.807) is 18.6 Å². The number of rotatable bonds is 2. The molecule has 0 aliphatic carbocycles. The molecule has 7 heteroatoms. The van der Waals surface area contributed by atoms with Crippen LogP contribution in [0, 0.1) is 0 Å². The van der Waals surface area contributed by atoms with E-state index in [1.165, 1.54) is 0 Å². The highest BCUT2D eigenvalue weighted by Gasteiger charge is 2.09. The van der Waals surface area contributed by atoms with Gasteiger partial charge >= 0.3 is 0 Å². The first-order valence-electron chi connectivity index (χ1n) is 5.00. The molecule has 0 saturated heterocycles. The maximum atomic E-state index is 5.69. The lowest BCUT2D eigenvalue weighted by atomic mass is 10.5. The minimum atomic E-state index is 0.425. The van der Waals surface area contributed by atoms with Gasteiger partial charge in [-0.05, 0) is 37.9 Å². The van der Waals surface area contributed by atoms with Crippen LogP contribution in [0.25, 0.3) is 5.65 Å². The molecule has 0 unspecified atom stereocenters. The Bertz CT molecular complexity index is 713. The molecule has 90 valence electrons. The highest BCUT2D eigenvalue weighted by atomic mass is 79.9. The summed E-state index contributed by atoms with van der Waals surface area (Å²) in [6.45, 7) is 0. The Balaban J connectivity index is 2.06. The number of imidazole rings is 1. The number of ether oxygens (including phenoxy) is 1. The van der Waals surface area contributed by atoms with Gasteiger partial charge in [0.2, 0.25) is 5.65 Å². The Labute approximate surface area is 119 Å². The van der Waals surface area contributed by atoms with Crippen molar-refractivity contribution in [2.75, 3.05) is 0 Å². The summed E-state index contributed by atoms with van der Waals surface area (Å²) >= 11 is 6.67. The Kier molecular flexibility index (Phi) is 3.00. The van der Waals surface area contributed by atoms with Crippen LogP contribution in [0.2, 0.25) is 0 Å². The van der Waals surface area contributed by atoms with Crippen molar-refractivity contribution in [1.29, 1.82) is 0 Å². The predicted molar refractivity (Wildman–Crippen MR) is 72.7 cm³/mol. The van der Waals surface area contributed by atoms with E-state index in [9.17, 15) is 0 Å². The molecule has 0 saturated carbocycles. The molecule has 0 bridgehead atoms. The van der Waals surface area contributed by atoms with E-state index in [4.69, 9.17) is 4.74 Å². The molecular weight excluding hydrogens is 364 g/mol. The summed E-state index contributed by atoms with van der Waals surface area (Å²) in [4.78, 5) is 12.5. The lowest BCUT2D eigenvalue weighted by molar-refractivity contribution is 0.461. The molecule has 18 heavy (non-hydrogen) atoms. The van der Waals surface area contributed by atoms with Gasteiger partial charge in [-0.3, -0.25) is 9.38 Å². The number of pyridine rings is 1. The molecule has 3 rings (SSSR count). The molecule has 3 heterocycles. The number of hydrogen-bond donors (Lipinski definition) is 0. The Morgan fingerprint density at radius 1 is 1.22 bits per heavy atom. The van der Waals surface area contributed by atoms with Crippen molar-refractivity contribution >= 4 is 37.5 Å². The van der Waals surface area contributed by atoms with E-state index >= 15 is 0 Å². The molecule has 0 amide bonds. The molecule has 0 fully saturated rings. The molecule has 0 spiro atoms. The van der Waals surface area contributed by atoms with Crippen molar-refractivity contribution < 1.29 is 4.74 Å². The number of nitrogens with zero attached hydrogens (tertiary/aromatic N) is 4. The second kappa shape index (κ2) is 4.66. The molecule has 3 aromatic rings. The van der Waals surface area contributed by atoms with E-state index in [1.807, 2.05) is 22.9 Å². The van der Waals surface area contributed by atoms with Crippen molar-refractivity contribution in [3.8, 4) is 11.6 Å². The van der Waals surface area contributed by atoms with Crippen molar-refractivity contribution in [3.05, 3.63) is 46.1 Å². The maximum Gasteiger partial charge on any atom is 0.265 e. The fourth-order valence-corrected chi connectivity index (χ4v) is 2.23. The van der Waals surface area contributed by atoms with E-state index in [0.717, 1.165) is 4.47 Å². The highest BCUT2D eigenvalue weighted by Crippen LogP contribution is 2.26. The topological polar surface area (TPSA) is 52.3 Å². The number of aromatic nitrogens is 4. The zero-order valence-corrected chi connectivity index (χ0v) is 12.1. The third-order valence-electron chi connectivity index (χ3n) is 2.21. The van der Waals surface area contributed by atoms with Crippen LogP contribution in [0.3, 0.4) is 0 Å². The molecule has 0 aliphatic heterocycles. The first kappa shape index (κ1) is 11.6. The molecular formula is C11H6Br2N4O. The van der Waals surface area contributed by atoms with Crippen molar-refractivity contribution in [2.24, 2.45) is 0 Å². The van der Waals surface area contributed by atoms with Gasteiger partial charge in [0.05, 0.1) is 6.20 Å². The van der Waals surface area contributed by atoms with Crippen LogP contribution in [-0.2, 0) is 0 Å². The van der Waals surface area contributed by atoms with Gasteiger partial charge in [-0.1, -0.05) is 0 Å². The van der Waals surface area contributed by atoms with Gasteiger partial charge in [-0.2, -0.15) is 0 Å². The van der Waals surface area contributed by atoms with Crippen LogP contribution >= 0.6 is 31.9 Å². The predicted octanol–water partition coefficient (Wildman–Crippen LogP) is 3.44. The highest BCUT2D eigenvalue weighted by molar-refractivity contribution is 9.10. The summed E-state index contributed by atoms with van der Waals surface area (Å²) in [5.74, 6) is 1.02. The quantitative estimate of drug-likeness (QED) is 0.694. The average molecular weight is 370 g/mol. The number of halogens is 2. The van der Waals surface area contributed by atoms with Crippen LogP contribution in [0.5, 0.6) is 11.6 Å².